The number of benzene rings is 1. The van der Waals surface area contributed by atoms with Crippen molar-refractivity contribution in [3.05, 3.63) is 66.6 Å². The van der Waals surface area contributed by atoms with Crippen LogP contribution in [0.3, 0.4) is 0 Å². The Hall–Kier alpha value is -3.30. The largest absolute Gasteiger partial charge is 0.494 e. The van der Waals surface area contributed by atoms with Crippen molar-refractivity contribution >= 4 is 33.3 Å². The number of pyridine rings is 1. The van der Waals surface area contributed by atoms with Crippen LogP contribution in [0.1, 0.15) is 6.92 Å². The van der Waals surface area contributed by atoms with Gasteiger partial charge in [0.1, 0.15) is 21.9 Å². The van der Waals surface area contributed by atoms with Crippen LogP contribution >= 0.6 is 23.1 Å². The lowest BCUT2D eigenvalue weighted by Crippen LogP contribution is -2.00. The number of thiophene rings is 1. The molecule has 0 atom stereocenters. The van der Waals surface area contributed by atoms with Gasteiger partial charge in [0, 0.05) is 23.3 Å². The third kappa shape index (κ3) is 3.53. The smallest absolute Gasteiger partial charge is 0.202 e. The van der Waals surface area contributed by atoms with Gasteiger partial charge in [-0.25, -0.2) is 9.97 Å². The molecule has 0 radical (unpaired) electrons. The fourth-order valence-corrected chi connectivity index (χ4v) is 4.76. The van der Waals surface area contributed by atoms with Crippen molar-refractivity contribution in [2.45, 2.75) is 17.1 Å². The van der Waals surface area contributed by atoms with Gasteiger partial charge < -0.3 is 4.74 Å². The van der Waals surface area contributed by atoms with Crippen molar-refractivity contribution in [1.29, 1.82) is 0 Å². The fraction of sp³-hybridized carbons (Fsp3) is 0.0952. The Morgan fingerprint density at radius 1 is 1.00 bits per heavy atom. The third-order valence-corrected chi connectivity index (χ3v) is 6.18. The molecule has 0 spiro atoms. The highest BCUT2D eigenvalue weighted by atomic mass is 32.2. The van der Waals surface area contributed by atoms with E-state index in [4.69, 9.17) is 4.74 Å². The highest BCUT2D eigenvalue weighted by Crippen LogP contribution is 2.35. The molecular formula is C21H16N6OS2. The van der Waals surface area contributed by atoms with E-state index >= 15 is 0 Å². The quantitative estimate of drug-likeness (QED) is 0.354. The van der Waals surface area contributed by atoms with Gasteiger partial charge >= 0.3 is 0 Å². The molecule has 9 heteroatoms. The average molecular weight is 433 g/mol. The van der Waals surface area contributed by atoms with Gasteiger partial charge in [0.15, 0.2) is 5.82 Å². The van der Waals surface area contributed by atoms with E-state index < -0.39 is 0 Å². The van der Waals surface area contributed by atoms with Crippen LogP contribution in [0.4, 0.5) is 0 Å². The molecule has 4 aromatic heterocycles. The monoisotopic (exact) mass is 432 g/mol. The number of aromatic nitrogens is 6. The number of fused-ring (bicyclic) bond motifs is 1. The maximum atomic E-state index is 5.59. The first kappa shape index (κ1) is 18.7. The Balaban J connectivity index is 1.62. The van der Waals surface area contributed by atoms with E-state index in [2.05, 4.69) is 25.1 Å². The Labute approximate surface area is 180 Å². The molecule has 7 nitrogen and oxygen atoms in total. The highest BCUT2D eigenvalue weighted by molar-refractivity contribution is 7.99. The van der Waals surface area contributed by atoms with E-state index in [1.165, 1.54) is 11.8 Å². The molecule has 0 fully saturated rings. The number of ether oxygens (including phenoxy) is 1. The molecule has 0 bridgehead atoms. The summed E-state index contributed by atoms with van der Waals surface area (Å²) in [4.78, 5) is 13.9. The molecule has 0 saturated heterocycles. The molecule has 0 aliphatic heterocycles. The third-order valence-electron chi connectivity index (χ3n) is 4.39. The first-order chi connectivity index (χ1) is 14.8. The van der Waals surface area contributed by atoms with Gasteiger partial charge in [-0.3, -0.25) is 9.55 Å². The highest BCUT2D eigenvalue weighted by Gasteiger charge is 2.18. The molecule has 0 amide bonds. The van der Waals surface area contributed by atoms with Gasteiger partial charge in [-0.2, -0.15) is 0 Å². The second-order valence-corrected chi connectivity index (χ2v) is 8.08. The lowest BCUT2D eigenvalue weighted by atomic mass is 10.2. The Bertz CT molecular complexity index is 1280. The summed E-state index contributed by atoms with van der Waals surface area (Å²) in [6.07, 6.45) is 5.08. The molecule has 0 N–H and O–H groups in total. The predicted molar refractivity (Wildman–Crippen MR) is 117 cm³/mol. The van der Waals surface area contributed by atoms with Gasteiger partial charge in [-0.1, -0.05) is 0 Å². The van der Waals surface area contributed by atoms with Crippen molar-refractivity contribution < 1.29 is 4.74 Å². The minimum Gasteiger partial charge on any atom is -0.494 e. The standard InChI is InChI=1S/C21H16N6OS2/c1-2-28-16-5-3-15(4-6-16)27-18(14-7-10-22-11-8-14)25-26-21(27)30-20-17-9-12-29-19(17)23-13-24-20/h3-13H,2H2,1H3. The summed E-state index contributed by atoms with van der Waals surface area (Å²) in [6, 6.07) is 13.8. The van der Waals surface area contributed by atoms with Crippen LogP contribution in [0, 0.1) is 0 Å². The Morgan fingerprint density at radius 3 is 2.63 bits per heavy atom. The van der Waals surface area contributed by atoms with E-state index in [9.17, 15) is 0 Å². The van der Waals surface area contributed by atoms with Crippen LogP contribution < -0.4 is 4.74 Å². The normalized spacial score (nSPS) is 11.1. The van der Waals surface area contributed by atoms with Gasteiger partial charge in [-0.15, -0.1) is 21.5 Å². The van der Waals surface area contributed by atoms with E-state index in [0.717, 1.165) is 43.2 Å². The summed E-state index contributed by atoms with van der Waals surface area (Å²) in [5, 5.41) is 13.6. The second kappa shape index (κ2) is 8.21. The minimum atomic E-state index is 0.625. The number of hydrogen-bond donors (Lipinski definition) is 0. The van der Waals surface area contributed by atoms with Crippen molar-refractivity contribution in [1.82, 2.24) is 29.7 Å². The molecule has 5 aromatic rings. The summed E-state index contributed by atoms with van der Waals surface area (Å²) < 4.78 is 7.61. The van der Waals surface area contributed by atoms with Crippen LogP contribution in [-0.4, -0.2) is 36.3 Å². The zero-order chi connectivity index (χ0) is 20.3. The summed E-state index contributed by atoms with van der Waals surface area (Å²) in [5.41, 5.74) is 1.87. The van der Waals surface area contributed by atoms with E-state index in [0.29, 0.717) is 6.61 Å². The van der Waals surface area contributed by atoms with Crippen molar-refractivity contribution in [3.63, 3.8) is 0 Å². The maximum Gasteiger partial charge on any atom is 0.202 e. The van der Waals surface area contributed by atoms with Crippen LogP contribution in [0.15, 0.2) is 76.7 Å². The number of rotatable bonds is 6. The predicted octanol–water partition coefficient (Wildman–Crippen LogP) is 4.88. The van der Waals surface area contributed by atoms with Crippen molar-refractivity contribution in [2.24, 2.45) is 0 Å². The Kier molecular flexibility index (Phi) is 5.12. The topological polar surface area (TPSA) is 78.6 Å². The second-order valence-electron chi connectivity index (χ2n) is 6.22. The summed E-state index contributed by atoms with van der Waals surface area (Å²) in [6.45, 7) is 2.59. The summed E-state index contributed by atoms with van der Waals surface area (Å²) in [5.74, 6) is 1.56. The van der Waals surface area contributed by atoms with Gasteiger partial charge in [0.25, 0.3) is 0 Å². The molecule has 148 valence electrons. The molecular weight excluding hydrogens is 416 g/mol. The molecule has 1 aromatic carbocycles. The van der Waals surface area contributed by atoms with Crippen molar-refractivity contribution in [3.8, 4) is 22.8 Å². The number of nitrogens with zero attached hydrogens (tertiary/aromatic N) is 6. The molecule has 0 aliphatic carbocycles. The maximum absolute atomic E-state index is 5.59. The molecule has 0 saturated carbocycles. The summed E-state index contributed by atoms with van der Waals surface area (Å²) >= 11 is 3.06. The van der Waals surface area contributed by atoms with Crippen LogP contribution in [0.25, 0.3) is 27.3 Å². The van der Waals surface area contributed by atoms with E-state index in [-0.39, 0.29) is 0 Å². The van der Waals surface area contributed by atoms with Gasteiger partial charge in [0.2, 0.25) is 5.16 Å². The lowest BCUT2D eigenvalue weighted by molar-refractivity contribution is 0.340. The van der Waals surface area contributed by atoms with Gasteiger partial charge in [-0.05, 0) is 66.5 Å². The SMILES string of the molecule is CCOc1ccc(-n2c(Sc3ncnc4sccc34)nnc2-c2ccncc2)cc1. The molecule has 0 aliphatic rings. The fourth-order valence-electron chi connectivity index (χ4n) is 3.05. The molecule has 5 rings (SSSR count). The zero-order valence-electron chi connectivity index (χ0n) is 16.0. The number of hydrogen-bond acceptors (Lipinski definition) is 8. The lowest BCUT2D eigenvalue weighted by Gasteiger charge is -2.11. The van der Waals surface area contributed by atoms with Crippen LogP contribution in [0.5, 0.6) is 5.75 Å². The first-order valence-electron chi connectivity index (χ1n) is 9.28. The van der Waals surface area contributed by atoms with E-state index in [1.54, 1.807) is 30.1 Å². The minimum absolute atomic E-state index is 0.625. The zero-order valence-corrected chi connectivity index (χ0v) is 17.6. The first-order valence-corrected chi connectivity index (χ1v) is 11.0. The average Bonchev–Trinajstić information content (AvgIpc) is 3.43. The van der Waals surface area contributed by atoms with Crippen LogP contribution in [-0.2, 0) is 0 Å². The summed E-state index contributed by atoms with van der Waals surface area (Å²) in [7, 11) is 0. The van der Waals surface area contributed by atoms with Crippen molar-refractivity contribution in [2.75, 3.05) is 6.61 Å². The van der Waals surface area contributed by atoms with Crippen LogP contribution in [0.2, 0.25) is 0 Å². The molecule has 30 heavy (non-hydrogen) atoms. The molecule has 0 unspecified atom stereocenters. The van der Waals surface area contributed by atoms with Gasteiger partial charge in [0.05, 0.1) is 12.3 Å². The Morgan fingerprint density at radius 2 is 1.83 bits per heavy atom. The molecule has 4 heterocycles. The van der Waals surface area contributed by atoms with E-state index in [1.807, 2.05) is 59.3 Å².